The molecule has 0 saturated heterocycles. The predicted octanol–water partition coefficient (Wildman–Crippen LogP) is 5.55. The zero-order valence-electron chi connectivity index (χ0n) is 27.7. The maximum atomic E-state index is 13.9. The van der Waals surface area contributed by atoms with Gasteiger partial charge in [0.25, 0.3) is 0 Å². The minimum absolute atomic E-state index is 0.0311. The van der Waals surface area contributed by atoms with E-state index in [0.29, 0.717) is 11.5 Å². The Morgan fingerprint density at radius 3 is 1.00 bits per heavy atom. The van der Waals surface area contributed by atoms with Crippen LogP contribution in [0.2, 0.25) is 0 Å². The Morgan fingerprint density at radius 2 is 0.708 bits per heavy atom. The summed E-state index contributed by atoms with van der Waals surface area (Å²) >= 11 is 0. The van der Waals surface area contributed by atoms with E-state index in [9.17, 15) is 19.2 Å². The molecule has 4 aromatic carbocycles. The molecule has 0 spiro atoms. The van der Waals surface area contributed by atoms with Gasteiger partial charge >= 0.3 is 0 Å². The fraction of sp³-hybridized carbons (Fsp3) is 0.222. The molecule has 0 heterocycles. The van der Waals surface area contributed by atoms with Gasteiger partial charge in [-0.1, -0.05) is 24.3 Å². The summed E-state index contributed by atoms with van der Waals surface area (Å²) in [6, 6.07) is 15.0. The lowest BCUT2D eigenvalue weighted by Gasteiger charge is -2.22. The lowest BCUT2D eigenvalue weighted by atomic mass is 9.91. The number of benzene rings is 4. The van der Waals surface area contributed by atoms with Gasteiger partial charge in [0.05, 0.1) is 68.0 Å². The molecule has 0 saturated carbocycles. The summed E-state index contributed by atoms with van der Waals surface area (Å²) in [5, 5.41) is 0. The maximum absolute atomic E-state index is 13.9. The van der Waals surface area contributed by atoms with Crippen molar-refractivity contribution in [3.8, 4) is 57.1 Å². The summed E-state index contributed by atoms with van der Waals surface area (Å²) in [6.45, 7) is 0. The van der Waals surface area contributed by atoms with Crippen molar-refractivity contribution in [1.82, 2.24) is 0 Å². The van der Waals surface area contributed by atoms with Gasteiger partial charge < -0.3 is 37.9 Å². The fourth-order valence-corrected chi connectivity index (χ4v) is 5.20. The van der Waals surface area contributed by atoms with Crippen LogP contribution >= 0.6 is 0 Å². The van der Waals surface area contributed by atoms with Crippen LogP contribution in [0.5, 0.6) is 46.0 Å². The molecule has 0 amide bonds. The van der Waals surface area contributed by atoms with Crippen LogP contribution in [-0.4, -0.2) is 80.0 Å². The zero-order chi connectivity index (χ0) is 35.1. The Hall–Kier alpha value is -6.04. The predicted molar refractivity (Wildman–Crippen MR) is 174 cm³/mol. The Balaban J connectivity index is 2.03. The van der Waals surface area contributed by atoms with E-state index in [-0.39, 0.29) is 67.9 Å². The maximum Gasteiger partial charge on any atom is 0.237 e. The van der Waals surface area contributed by atoms with Crippen LogP contribution in [-0.2, 0) is 0 Å². The molecule has 0 radical (unpaired) electrons. The number of carbonyl (C=O) groups is 4. The van der Waals surface area contributed by atoms with Gasteiger partial charge in [0.1, 0.15) is 11.5 Å². The third kappa shape index (κ3) is 6.32. The summed E-state index contributed by atoms with van der Waals surface area (Å²) in [6.07, 6.45) is 0. The van der Waals surface area contributed by atoms with E-state index in [0.717, 1.165) is 0 Å². The highest BCUT2D eigenvalue weighted by Crippen LogP contribution is 2.53. The van der Waals surface area contributed by atoms with E-state index in [1.165, 1.54) is 93.3 Å². The van der Waals surface area contributed by atoms with Crippen molar-refractivity contribution in [3.05, 3.63) is 82.9 Å². The lowest BCUT2D eigenvalue weighted by Crippen LogP contribution is -2.17. The highest BCUT2D eigenvalue weighted by atomic mass is 16.5. The number of ketones is 4. The number of methoxy groups -OCH3 is 8. The topological polar surface area (TPSA) is 142 Å². The van der Waals surface area contributed by atoms with E-state index in [4.69, 9.17) is 37.9 Å². The molecule has 0 atom stereocenters. The van der Waals surface area contributed by atoms with E-state index < -0.39 is 23.1 Å². The monoisotopic (exact) mass is 658 g/mol. The second-order valence-electron chi connectivity index (χ2n) is 9.92. The number of hydrogen-bond donors (Lipinski definition) is 0. The van der Waals surface area contributed by atoms with Crippen molar-refractivity contribution in [3.63, 3.8) is 0 Å². The van der Waals surface area contributed by atoms with E-state index in [1.807, 2.05) is 0 Å². The van der Waals surface area contributed by atoms with Gasteiger partial charge in [0, 0.05) is 22.3 Å². The number of carbonyl (C=O) groups excluding carboxylic acids is 4. The van der Waals surface area contributed by atoms with Crippen molar-refractivity contribution in [2.75, 3.05) is 56.9 Å². The molecule has 4 rings (SSSR count). The van der Waals surface area contributed by atoms with Crippen LogP contribution in [0.15, 0.2) is 60.7 Å². The summed E-state index contributed by atoms with van der Waals surface area (Å²) < 4.78 is 44.3. The first-order valence-corrected chi connectivity index (χ1v) is 14.3. The summed E-state index contributed by atoms with van der Waals surface area (Å²) in [5.41, 5.74) is 0.0521. The number of hydrogen-bond acceptors (Lipinski definition) is 12. The van der Waals surface area contributed by atoms with Gasteiger partial charge in [-0.15, -0.1) is 0 Å². The normalized spacial score (nSPS) is 10.4. The van der Waals surface area contributed by atoms with Crippen LogP contribution in [0.3, 0.4) is 0 Å². The molecule has 12 nitrogen and oxygen atoms in total. The minimum Gasteiger partial charge on any atom is -0.497 e. The molecule has 4 aromatic rings. The number of rotatable bonds is 15. The third-order valence-corrected chi connectivity index (χ3v) is 7.46. The second kappa shape index (κ2) is 15.0. The molecule has 250 valence electrons. The van der Waals surface area contributed by atoms with Crippen molar-refractivity contribution in [1.29, 1.82) is 0 Å². The van der Waals surface area contributed by atoms with Gasteiger partial charge in [0.2, 0.25) is 34.6 Å². The minimum atomic E-state index is -0.939. The molecule has 0 aliphatic heterocycles. The van der Waals surface area contributed by atoms with Crippen LogP contribution < -0.4 is 37.9 Å². The molecule has 0 unspecified atom stereocenters. The van der Waals surface area contributed by atoms with Crippen molar-refractivity contribution in [2.24, 2.45) is 0 Å². The average Bonchev–Trinajstić information content (AvgIpc) is 3.14. The van der Waals surface area contributed by atoms with Crippen LogP contribution in [0.25, 0.3) is 11.1 Å². The first-order valence-electron chi connectivity index (χ1n) is 14.3. The quantitative estimate of drug-likeness (QED) is 0.117. The first-order chi connectivity index (χ1) is 23.1. The molecule has 0 aliphatic carbocycles. The Morgan fingerprint density at radius 1 is 0.375 bits per heavy atom. The van der Waals surface area contributed by atoms with Gasteiger partial charge in [-0.05, 0) is 36.4 Å². The van der Waals surface area contributed by atoms with Gasteiger partial charge in [-0.3, -0.25) is 19.2 Å². The lowest BCUT2D eigenvalue weighted by molar-refractivity contribution is 0.0814. The molecule has 0 aliphatic rings. The highest BCUT2D eigenvalue weighted by Gasteiger charge is 2.34. The Labute approximate surface area is 277 Å². The largest absolute Gasteiger partial charge is 0.497 e. The van der Waals surface area contributed by atoms with Crippen molar-refractivity contribution >= 4 is 23.1 Å². The Bertz CT molecular complexity index is 1760. The van der Waals surface area contributed by atoms with Crippen LogP contribution in [0.4, 0.5) is 0 Å². The smallest absolute Gasteiger partial charge is 0.237 e. The second-order valence-corrected chi connectivity index (χ2v) is 9.92. The van der Waals surface area contributed by atoms with Crippen molar-refractivity contribution in [2.45, 2.75) is 0 Å². The molecular weight excluding hydrogens is 624 g/mol. The molecule has 0 bridgehead atoms. The summed E-state index contributed by atoms with van der Waals surface area (Å²) in [4.78, 5) is 54.8. The first kappa shape index (κ1) is 34.8. The molecule has 48 heavy (non-hydrogen) atoms. The zero-order valence-corrected chi connectivity index (χ0v) is 27.7. The van der Waals surface area contributed by atoms with Gasteiger partial charge in [0.15, 0.2) is 23.0 Å². The average molecular weight is 659 g/mol. The van der Waals surface area contributed by atoms with Crippen LogP contribution in [0, 0.1) is 0 Å². The summed E-state index contributed by atoms with van der Waals surface area (Å²) in [5.74, 6) is -2.94. The molecule has 12 heteroatoms. The molecule has 0 aromatic heterocycles. The van der Waals surface area contributed by atoms with E-state index >= 15 is 0 Å². The standard InChI is InChI=1S/C36H34O12/c1-41-21-13-9-11-19(15-21)27(37)29(39)25-17-23(31(43-3)35(47-7)33(25)45-5)24-18-26(34(46-6)36(48-8)32(24)44-4)30(40)28(38)20-12-10-14-22(16-20)42-2/h9-18H,1-8H3. The van der Waals surface area contributed by atoms with Crippen molar-refractivity contribution < 1.29 is 57.1 Å². The molecule has 0 fully saturated rings. The van der Waals surface area contributed by atoms with E-state index in [1.54, 1.807) is 24.3 Å². The number of ether oxygens (including phenoxy) is 8. The van der Waals surface area contributed by atoms with Crippen LogP contribution in [0.1, 0.15) is 41.4 Å². The fourth-order valence-electron chi connectivity index (χ4n) is 5.20. The van der Waals surface area contributed by atoms with E-state index in [2.05, 4.69) is 0 Å². The molecular formula is C36H34O12. The number of Topliss-reactive ketones (excluding diaryl/α,β-unsaturated/α-hetero) is 4. The van der Waals surface area contributed by atoms with Gasteiger partial charge in [-0.2, -0.15) is 0 Å². The SMILES string of the molecule is COc1cccc(C(=O)C(=O)c2cc(-c3cc(C(=O)C(=O)c4cccc(OC)c4)c(OC)c(OC)c3OC)c(OC)c(OC)c2OC)c1. The third-order valence-electron chi connectivity index (χ3n) is 7.46. The molecule has 0 N–H and O–H groups in total. The summed E-state index contributed by atoms with van der Waals surface area (Å²) in [7, 11) is 10.9. The Kier molecular flexibility index (Phi) is 10.9. The highest BCUT2D eigenvalue weighted by molar-refractivity contribution is 6.50. The van der Waals surface area contributed by atoms with Gasteiger partial charge in [-0.25, -0.2) is 0 Å².